The summed E-state index contributed by atoms with van der Waals surface area (Å²) in [5.74, 6) is 0.496. The second-order valence-electron chi connectivity index (χ2n) is 4.89. The fourth-order valence-electron chi connectivity index (χ4n) is 2.57. The lowest BCUT2D eigenvalue weighted by atomic mass is 9.98. The molecule has 1 N–H and O–H groups in total. The van der Waals surface area contributed by atoms with Gasteiger partial charge in [0.1, 0.15) is 0 Å². The minimum Gasteiger partial charge on any atom is -0.387 e. The van der Waals surface area contributed by atoms with Crippen molar-refractivity contribution in [2.75, 3.05) is 39.2 Å². The maximum absolute atomic E-state index is 12.5. The number of carbonyl (C=O) groups excluding carboxylic acids is 1. The van der Waals surface area contributed by atoms with Gasteiger partial charge < -0.3 is 15.0 Å². The number of pyridine rings is 1. The molecule has 0 bridgehead atoms. The third-order valence-corrected chi connectivity index (χ3v) is 3.53. The Labute approximate surface area is 114 Å². The maximum atomic E-state index is 12.5. The van der Waals surface area contributed by atoms with Crippen LogP contribution < -0.4 is 5.32 Å². The standard InChI is InChI=1S/C14H21N3O2/c1-15-13-5-6-16-8-12(13)14(18)17-7-3-4-11(9-17)10-19-2/h5-6,8,11H,3-4,7,9-10H2,1-2H3,(H,15,16). The average molecular weight is 263 g/mol. The molecule has 1 aliphatic heterocycles. The van der Waals surface area contributed by atoms with Crippen molar-refractivity contribution in [1.29, 1.82) is 0 Å². The van der Waals surface area contributed by atoms with E-state index in [1.54, 1.807) is 19.5 Å². The van der Waals surface area contributed by atoms with Crippen molar-refractivity contribution in [3.05, 3.63) is 24.0 Å². The number of ether oxygens (including phenoxy) is 1. The molecule has 0 aromatic carbocycles. The highest BCUT2D eigenvalue weighted by atomic mass is 16.5. The van der Waals surface area contributed by atoms with Crippen LogP contribution >= 0.6 is 0 Å². The van der Waals surface area contributed by atoms with E-state index in [-0.39, 0.29) is 5.91 Å². The first kappa shape index (κ1) is 13.8. The minimum absolute atomic E-state index is 0.0539. The lowest BCUT2D eigenvalue weighted by Crippen LogP contribution is -2.41. The van der Waals surface area contributed by atoms with E-state index in [1.807, 2.05) is 18.0 Å². The van der Waals surface area contributed by atoms with Gasteiger partial charge in [-0.2, -0.15) is 0 Å². The van der Waals surface area contributed by atoms with Gasteiger partial charge in [0.2, 0.25) is 0 Å². The van der Waals surface area contributed by atoms with Crippen LogP contribution in [0, 0.1) is 5.92 Å². The number of anilines is 1. The molecule has 0 saturated carbocycles. The van der Waals surface area contributed by atoms with Crippen molar-refractivity contribution in [2.45, 2.75) is 12.8 Å². The van der Waals surface area contributed by atoms with Crippen molar-refractivity contribution >= 4 is 11.6 Å². The van der Waals surface area contributed by atoms with E-state index < -0.39 is 0 Å². The zero-order valence-corrected chi connectivity index (χ0v) is 11.6. The van der Waals surface area contributed by atoms with Gasteiger partial charge in [-0.15, -0.1) is 0 Å². The molecule has 5 nitrogen and oxygen atoms in total. The van der Waals surface area contributed by atoms with Gasteiger partial charge in [-0.1, -0.05) is 0 Å². The molecule has 0 radical (unpaired) electrons. The van der Waals surface area contributed by atoms with Crippen LogP contribution in [0.5, 0.6) is 0 Å². The summed E-state index contributed by atoms with van der Waals surface area (Å²) in [6.07, 6.45) is 5.49. The molecule has 1 aromatic rings. The van der Waals surface area contributed by atoms with Crippen molar-refractivity contribution in [2.24, 2.45) is 5.92 Å². The topological polar surface area (TPSA) is 54.5 Å². The summed E-state index contributed by atoms with van der Waals surface area (Å²) < 4.78 is 5.20. The summed E-state index contributed by atoms with van der Waals surface area (Å²) in [5, 5.41) is 3.04. The molecule has 1 fully saturated rings. The summed E-state index contributed by atoms with van der Waals surface area (Å²) in [6.45, 7) is 2.30. The summed E-state index contributed by atoms with van der Waals surface area (Å²) in [5.41, 5.74) is 1.47. The number of hydrogen-bond acceptors (Lipinski definition) is 4. The average Bonchev–Trinajstić information content (AvgIpc) is 2.47. The van der Waals surface area contributed by atoms with Gasteiger partial charge in [0.05, 0.1) is 12.2 Å². The van der Waals surface area contributed by atoms with E-state index in [2.05, 4.69) is 10.3 Å². The highest BCUT2D eigenvalue weighted by molar-refractivity contribution is 5.99. The Balaban J connectivity index is 2.10. The van der Waals surface area contributed by atoms with Crippen molar-refractivity contribution in [3.8, 4) is 0 Å². The number of methoxy groups -OCH3 is 1. The molecule has 1 aromatic heterocycles. The van der Waals surface area contributed by atoms with E-state index in [0.29, 0.717) is 11.5 Å². The van der Waals surface area contributed by atoms with Crippen LogP contribution in [-0.2, 0) is 4.74 Å². The number of carbonyl (C=O) groups is 1. The van der Waals surface area contributed by atoms with Crippen molar-refractivity contribution < 1.29 is 9.53 Å². The number of nitrogens with zero attached hydrogens (tertiary/aromatic N) is 2. The van der Waals surface area contributed by atoms with Crippen LogP contribution in [0.15, 0.2) is 18.5 Å². The smallest absolute Gasteiger partial charge is 0.257 e. The van der Waals surface area contributed by atoms with Gasteiger partial charge in [-0.25, -0.2) is 0 Å². The Morgan fingerprint density at radius 3 is 3.21 bits per heavy atom. The molecule has 104 valence electrons. The summed E-state index contributed by atoms with van der Waals surface area (Å²) in [4.78, 5) is 18.5. The van der Waals surface area contributed by atoms with E-state index in [9.17, 15) is 4.79 Å². The maximum Gasteiger partial charge on any atom is 0.257 e. The van der Waals surface area contributed by atoms with Gasteiger partial charge >= 0.3 is 0 Å². The fourth-order valence-corrected chi connectivity index (χ4v) is 2.57. The van der Waals surface area contributed by atoms with Crippen molar-refractivity contribution in [3.63, 3.8) is 0 Å². The molecule has 1 atom stereocenters. The van der Waals surface area contributed by atoms with E-state index in [4.69, 9.17) is 4.74 Å². The Bertz CT molecular complexity index is 434. The van der Waals surface area contributed by atoms with Crippen LogP contribution in [0.4, 0.5) is 5.69 Å². The zero-order valence-electron chi connectivity index (χ0n) is 11.6. The first-order valence-corrected chi connectivity index (χ1v) is 6.66. The normalized spacial score (nSPS) is 19.3. The lowest BCUT2D eigenvalue weighted by Gasteiger charge is -2.32. The van der Waals surface area contributed by atoms with Crippen LogP contribution in [0.1, 0.15) is 23.2 Å². The lowest BCUT2D eigenvalue weighted by molar-refractivity contribution is 0.0571. The predicted molar refractivity (Wildman–Crippen MR) is 74.3 cm³/mol. The molecule has 1 saturated heterocycles. The fraction of sp³-hybridized carbons (Fsp3) is 0.571. The number of hydrogen-bond donors (Lipinski definition) is 1. The van der Waals surface area contributed by atoms with Crippen LogP contribution in [-0.4, -0.2) is 49.6 Å². The largest absolute Gasteiger partial charge is 0.387 e. The monoisotopic (exact) mass is 263 g/mol. The number of amides is 1. The highest BCUT2D eigenvalue weighted by Gasteiger charge is 2.25. The number of nitrogens with one attached hydrogen (secondary N) is 1. The van der Waals surface area contributed by atoms with Crippen LogP contribution in [0.3, 0.4) is 0 Å². The van der Waals surface area contributed by atoms with E-state index in [0.717, 1.165) is 38.2 Å². The molecule has 1 unspecified atom stereocenters. The number of piperidine rings is 1. The highest BCUT2D eigenvalue weighted by Crippen LogP contribution is 2.21. The van der Waals surface area contributed by atoms with Gasteiger partial charge in [0, 0.05) is 45.3 Å². The minimum atomic E-state index is 0.0539. The molecule has 2 rings (SSSR count). The van der Waals surface area contributed by atoms with Gasteiger partial charge in [-0.05, 0) is 24.8 Å². The van der Waals surface area contributed by atoms with E-state index in [1.165, 1.54) is 0 Å². The van der Waals surface area contributed by atoms with Gasteiger partial charge in [0.15, 0.2) is 0 Å². The first-order chi connectivity index (χ1) is 9.26. The summed E-state index contributed by atoms with van der Waals surface area (Å²) >= 11 is 0. The van der Waals surface area contributed by atoms with Gasteiger partial charge in [0.25, 0.3) is 5.91 Å². The molecule has 2 heterocycles. The van der Waals surface area contributed by atoms with E-state index >= 15 is 0 Å². The Kier molecular flexibility index (Phi) is 4.74. The Hall–Kier alpha value is -1.62. The van der Waals surface area contributed by atoms with Crippen LogP contribution in [0.25, 0.3) is 0 Å². The third-order valence-electron chi connectivity index (χ3n) is 3.53. The molecular formula is C14H21N3O2. The number of aromatic nitrogens is 1. The number of likely N-dealkylation sites (tertiary alicyclic amines) is 1. The quantitative estimate of drug-likeness (QED) is 0.897. The summed E-state index contributed by atoms with van der Waals surface area (Å²) in [7, 11) is 3.52. The van der Waals surface area contributed by atoms with Gasteiger partial charge in [-0.3, -0.25) is 9.78 Å². The molecule has 1 aliphatic rings. The molecule has 0 aliphatic carbocycles. The third kappa shape index (κ3) is 3.23. The zero-order chi connectivity index (χ0) is 13.7. The molecule has 19 heavy (non-hydrogen) atoms. The van der Waals surface area contributed by atoms with Crippen molar-refractivity contribution in [1.82, 2.24) is 9.88 Å². The first-order valence-electron chi connectivity index (χ1n) is 6.66. The molecule has 1 amide bonds. The SMILES string of the molecule is CNc1ccncc1C(=O)N1CCCC(COC)C1. The molecular weight excluding hydrogens is 242 g/mol. The molecule has 0 spiro atoms. The van der Waals surface area contributed by atoms with Crippen LogP contribution in [0.2, 0.25) is 0 Å². The Morgan fingerprint density at radius 2 is 2.47 bits per heavy atom. The second kappa shape index (κ2) is 6.52. The molecule has 5 heteroatoms. The second-order valence-corrected chi connectivity index (χ2v) is 4.89. The Morgan fingerprint density at radius 1 is 1.63 bits per heavy atom. The number of rotatable bonds is 4. The summed E-state index contributed by atoms with van der Waals surface area (Å²) in [6, 6.07) is 1.82. The predicted octanol–water partition coefficient (Wildman–Crippen LogP) is 1.62.